The minimum atomic E-state index is -0.867. The third kappa shape index (κ3) is 5.46. The second-order valence-corrected chi connectivity index (χ2v) is 5.20. The van der Waals surface area contributed by atoms with Crippen LogP contribution in [0.3, 0.4) is 0 Å². The zero-order valence-corrected chi connectivity index (χ0v) is 11.5. The Balaban J connectivity index is 2.46. The summed E-state index contributed by atoms with van der Waals surface area (Å²) < 4.78 is 4.94. The number of amides is 2. The molecule has 1 aromatic rings. The van der Waals surface area contributed by atoms with Crippen molar-refractivity contribution >= 4 is 12.0 Å². The zero-order chi connectivity index (χ0) is 14.5. The van der Waals surface area contributed by atoms with Crippen molar-refractivity contribution in [2.45, 2.75) is 38.8 Å². The molecule has 0 atom stereocenters. The third-order valence-electron chi connectivity index (χ3n) is 2.76. The fourth-order valence-corrected chi connectivity index (χ4v) is 1.60. The van der Waals surface area contributed by atoms with Gasteiger partial charge in [-0.1, -0.05) is 0 Å². The highest BCUT2D eigenvalue weighted by molar-refractivity contribution is 5.75. The van der Waals surface area contributed by atoms with E-state index in [4.69, 9.17) is 9.52 Å². The van der Waals surface area contributed by atoms with Gasteiger partial charge in [-0.3, -0.25) is 4.79 Å². The molecule has 0 aliphatic rings. The van der Waals surface area contributed by atoms with Gasteiger partial charge in [0.1, 0.15) is 0 Å². The van der Waals surface area contributed by atoms with E-state index in [0.717, 1.165) is 5.56 Å². The molecule has 1 aromatic heterocycles. The first kappa shape index (κ1) is 15.1. The molecule has 19 heavy (non-hydrogen) atoms. The zero-order valence-electron chi connectivity index (χ0n) is 11.5. The van der Waals surface area contributed by atoms with Crippen molar-refractivity contribution in [2.75, 3.05) is 7.05 Å². The Morgan fingerprint density at radius 2 is 2.16 bits per heavy atom. The van der Waals surface area contributed by atoms with Gasteiger partial charge < -0.3 is 19.7 Å². The normalized spacial score (nSPS) is 11.1. The first-order valence-electron chi connectivity index (χ1n) is 6.06. The largest absolute Gasteiger partial charge is 0.481 e. The van der Waals surface area contributed by atoms with E-state index in [9.17, 15) is 9.59 Å². The number of hydrogen-bond donors (Lipinski definition) is 2. The molecule has 6 nitrogen and oxygen atoms in total. The van der Waals surface area contributed by atoms with Gasteiger partial charge in [-0.2, -0.15) is 0 Å². The van der Waals surface area contributed by atoms with Crippen molar-refractivity contribution in [3.63, 3.8) is 0 Å². The average molecular weight is 268 g/mol. The summed E-state index contributed by atoms with van der Waals surface area (Å²) >= 11 is 0. The van der Waals surface area contributed by atoms with Crippen LogP contribution in [0.5, 0.6) is 0 Å². The topological polar surface area (TPSA) is 82.8 Å². The summed E-state index contributed by atoms with van der Waals surface area (Å²) in [5.41, 5.74) is 0.348. The average Bonchev–Trinajstić information content (AvgIpc) is 2.78. The lowest BCUT2D eigenvalue weighted by atomic mass is 9.99. The molecule has 1 heterocycles. The van der Waals surface area contributed by atoms with Crippen molar-refractivity contribution < 1.29 is 19.1 Å². The summed E-state index contributed by atoms with van der Waals surface area (Å²) in [6.45, 7) is 4.05. The van der Waals surface area contributed by atoms with Crippen LogP contribution < -0.4 is 5.32 Å². The monoisotopic (exact) mass is 268 g/mol. The first-order chi connectivity index (χ1) is 8.80. The summed E-state index contributed by atoms with van der Waals surface area (Å²) in [5, 5.41) is 11.5. The number of urea groups is 1. The van der Waals surface area contributed by atoms with Crippen LogP contribution >= 0.6 is 0 Å². The van der Waals surface area contributed by atoms with Crippen LogP contribution in [0.15, 0.2) is 23.0 Å². The number of rotatable bonds is 6. The van der Waals surface area contributed by atoms with E-state index >= 15 is 0 Å². The highest BCUT2D eigenvalue weighted by atomic mass is 16.4. The molecule has 6 heteroatoms. The smallest absolute Gasteiger partial charge is 0.317 e. The number of aliphatic carboxylic acids is 1. The van der Waals surface area contributed by atoms with Gasteiger partial charge in [0.15, 0.2) is 0 Å². The van der Waals surface area contributed by atoms with E-state index in [1.165, 1.54) is 4.90 Å². The minimum absolute atomic E-state index is 0.0265. The Labute approximate surface area is 112 Å². The number of hydrogen-bond acceptors (Lipinski definition) is 3. The molecule has 0 saturated heterocycles. The molecule has 0 radical (unpaired) electrons. The van der Waals surface area contributed by atoms with Gasteiger partial charge >= 0.3 is 12.0 Å². The van der Waals surface area contributed by atoms with E-state index in [2.05, 4.69) is 5.32 Å². The Morgan fingerprint density at radius 3 is 2.68 bits per heavy atom. The van der Waals surface area contributed by atoms with Crippen LogP contribution in [-0.2, 0) is 11.3 Å². The predicted molar refractivity (Wildman–Crippen MR) is 69.7 cm³/mol. The lowest BCUT2D eigenvalue weighted by Gasteiger charge is -2.28. The van der Waals surface area contributed by atoms with Crippen molar-refractivity contribution in [3.05, 3.63) is 24.2 Å². The molecule has 2 N–H and O–H groups in total. The highest BCUT2D eigenvalue weighted by Gasteiger charge is 2.23. The van der Waals surface area contributed by atoms with Crippen molar-refractivity contribution in [1.29, 1.82) is 0 Å². The van der Waals surface area contributed by atoms with Gasteiger partial charge in [0.25, 0.3) is 0 Å². The second kappa shape index (κ2) is 6.26. The standard InChI is InChI=1S/C13H20N2O4/c1-13(2,6-4-11(16)17)14-12(18)15(3)8-10-5-7-19-9-10/h5,7,9H,4,6,8H2,1-3H3,(H,14,18)(H,16,17). The number of carboxylic acid groups (broad SMARTS) is 1. The van der Waals surface area contributed by atoms with E-state index in [0.29, 0.717) is 13.0 Å². The van der Waals surface area contributed by atoms with Crippen molar-refractivity contribution in [2.24, 2.45) is 0 Å². The van der Waals surface area contributed by atoms with Gasteiger partial charge in [0.2, 0.25) is 0 Å². The van der Waals surface area contributed by atoms with Crippen LogP contribution in [0.4, 0.5) is 4.79 Å². The van der Waals surface area contributed by atoms with Gasteiger partial charge in [0, 0.05) is 24.6 Å². The van der Waals surface area contributed by atoms with Crippen molar-refractivity contribution in [3.8, 4) is 0 Å². The number of carbonyl (C=O) groups is 2. The molecule has 0 spiro atoms. The van der Waals surface area contributed by atoms with Crippen molar-refractivity contribution in [1.82, 2.24) is 10.2 Å². The Hall–Kier alpha value is -1.98. The maximum Gasteiger partial charge on any atom is 0.317 e. The third-order valence-corrected chi connectivity index (χ3v) is 2.76. The molecule has 0 bridgehead atoms. The molecule has 2 amide bonds. The predicted octanol–water partition coefficient (Wildman–Crippen LogP) is 2.06. The van der Waals surface area contributed by atoms with E-state index in [1.807, 2.05) is 0 Å². The summed E-state index contributed by atoms with van der Waals surface area (Å²) in [6, 6.07) is 1.55. The molecule has 1 rings (SSSR count). The molecule has 0 unspecified atom stereocenters. The molecule has 0 aliphatic heterocycles. The number of nitrogens with zero attached hydrogens (tertiary/aromatic N) is 1. The lowest BCUT2D eigenvalue weighted by Crippen LogP contribution is -2.48. The molecule has 0 aromatic carbocycles. The van der Waals surface area contributed by atoms with Crippen LogP contribution in [0.2, 0.25) is 0 Å². The Kier molecular flexibility index (Phi) is 4.97. The fraction of sp³-hybridized carbons (Fsp3) is 0.538. The van der Waals surface area contributed by atoms with E-state index in [-0.39, 0.29) is 12.5 Å². The summed E-state index contributed by atoms with van der Waals surface area (Å²) in [6.07, 6.45) is 3.55. The summed E-state index contributed by atoms with van der Waals surface area (Å²) in [5.74, 6) is -0.867. The highest BCUT2D eigenvalue weighted by Crippen LogP contribution is 2.12. The quantitative estimate of drug-likeness (QED) is 0.827. The van der Waals surface area contributed by atoms with Crippen LogP contribution in [0, 0.1) is 0 Å². The Bertz CT molecular complexity index is 426. The molecular formula is C13H20N2O4. The van der Waals surface area contributed by atoms with E-state index < -0.39 is 11.5 Å². The molecule has 106 valence electrons. The minimum Gasteiger partial charge on any atom is -0.481 e. The lowest BCUT2D eigenvalue weighted by molar-refractivity contribution is -0.137. The second-order valence-electron chi connectivity index (χ2n) is 5.20. The number of furan rings is 1. The number of carbonyl (C=O) groups excluding carboxylic acids is 1. The maximum absolute atomic E-state index is 12.0. The van der Waals surface area contributed by atoms with E-state index in [1.54, 1.807) is 39.5 Å². The van der Waals surface area contributed by atoms with Gasteiger partial charge in [-0.15, -0.1) is 0 Å². The van der Waals surface area contributed by atoms with Gasteiger partial charge in [-0.05, 0) is 26.3 Å². The first-order valence-corrected chi connectivity index (χ1v) is 6.06. The number of carboxylic acids is 1. The van der Waals surface area contributed by atoms with Crippen LogP contribution in [0.1, 0.15) is 32.3 Å². The molecule has 0 fully saturated rings. The fourth-order valence-electron chi connectivity index (χ4n) is 1.60. The SMILES string of the molecule is CN(Cc1ccoc1)C(=O)NC(C)(C)CCC(=O)O. The maximum atomic E-state index is 12.0. The molecule has 0 aliphatic carbocycles. The summed E-state index contributed by atoms with van der Waals surface area (Å²) in [7, 11) is 1.68. The Morgan fingerprint density at radius 1 is 1.47 bits per heavy atom. The van der Waals surface area contributed by atoms with Crippen LogP contribution in [-0.4, -0.2) is 34.6 Å². The summed E-state index contributed by atoms with van der Waals surface area (Å²) in [4.78, 5) is 24.0. The van der Waals surface area contributed by atoms with Gasteiger partial charge in [-0.25, -0.2) is 4.79 Å². The van der Waals surface area contributed by atoms with Crippen LogP contribution in [0.25, 0.3) is 0 Å². The number of nitrogens with one attached hydrogen (secondary N) is 1. The van der Waals surface area contributed by atoms with Gasteiger partial charge in [0.05, 0.1) is 19.1 Å². The molecular weight excluding hydrogens is 248 g/mol. The molecule has 0 saturated carbocycles.